The molecule has 0 atom stereocenters. The number of nitrogens with one attached hydrogen (secondary N) is 1. The minimum absolute atomic E-state index is 0.123. The van der Waals surface area contributed by atoms with Crippen LogP contribution in [0, 0.1) is 5.92 Å². The van der Waals surface area contributed by atoms with Gasteiger partial charge in [0, 0.05) is 17.8 Å². The van der Waals surface area contributed by atoms with E-state index in [9.17, 15) is 4.79 Å². The summed E-state index contributed by atoms with van der Waals surface area (Å²) in [5.74, 6) is 0.536. The first kappa shape index (κ1) is 14.1. The van der Waals surface area contributed by atoms with Crippen LogP contribution in [-0.2, 0) is 19.4 Å². The minimum atomic E-state index is 0.123. The zero-order valence-electron chi connectivity index (χ0n) is 11.7. The summed E-state index contributed by atoms with van der Waals surface area (Å²) >= 11 is 0. The fourth-order valence-electron chi connectivity index (χ4n) is 2.20. The Morgan fingerprint density at radius 3 is 2.47 bits per heavy atom. The van der Waals surface area contributed by atoms with E-state index in [2.05, 4.69) is 37.5 Å². The lowest BCUT2D eigenvalue weighted by molar-refractivity contribution is 0.540. The van der Waals surface area contributed by atoms with E-state index in [1.54, 1.807) is 0 Å². The molecule has 3 nitrogen and oxygen atoms in total. The van der Waals surface area contributed by atoms with Gasteiger partial charge in [-0.2, -0.15) is 0 Å². The van der Waals surface area contributed by atoms with Crippen LogP contribution in [0.2, 0.25) is 0 Å². The maximum atomic E-state index is 12.0. The number of H-pyrrole nitrogens is 1. The first-order valence-corrected chi connectivity index (χ1v) is 6.90. The van der Waals surface area contributed by atoms with Gasteiger partial charge in [-0.1, -0.05) is 40.5 Å². The van der Waals surface area contributed by atoms with Crippen molar-refractivity contribution in [2.45, 2.75) is 66.3 Å². The van der Waals surface area contributed by atoms with E-state index in [1.165, 1.54) is 5.69 Å². The Morgan fingerprint density at radius 1 is 1.24 bits per heavy atom. The molecule has 0 amide bonds. The van der Waals surface area contributed by atoms with Gasteiger partial charge in [0.15, 0.2) is 0 Å². The number of unbranched alkanes of at least 4 members (excludes halogenated alkanes) is 1. The summed E-state index contributed by atoms with van der Waals surface area (Å²) in [5.41, 5.74) is 2.37. The normalized spacial score (nSPS) is 11.4. The van der Waals surface area contributed by atoms with Crippen molar-refractivity contribution in [2.24, 2.45) is 5.92 Å². The van der Waals surface area contributed by atoms with Crippen LogP contribution in [0.5, 0.6) is 0 Å². The second-order valence-corrected chi connectivity index (χ2v) is 5.22. The van der Waals surface area contributed by atoms with Gasteiger partial charge in [0.25, 0.3) is 5.56 Å². The lowest BCUT2D eigenvalue weighted by Gasteiger charge is -2.09. The van der Waals surface area contributed by atoms with Gasteiger partial charge in [-0.15, -0.1) is 0 Å². The van der Waals surface area contributed by atoms with Gasteiger partial charge in [0.2, 0.25) is 0 Å². The largest absolute Gasteiger partial charge is 0.289 e. The minimum Gasteiger partial charge on any atom is -0.289 e. The molecule has 17 heavy (non-hydrogen) atoms. The van der Waals surface area contributed by atoms with Crippen LogP contribution in [0.15, 0.2) is 4.79 Å². The first-order valence-electron chi connectivity index (χ1n) is 6.90. The Labute approximate surface area is 104 Å². The van der Waals surface area contributed by atoms with Crippen LogP contribution in [0.4, 0.5) is 0 Å². The van der Waals surface area contributed by atoms with Crippen molar-refractivity contribution in [1.29, 1.82) is 0 Å². The number of aryl methyl sites for hydroxylation is 1. The van der Waals surface area contributed by atoms with Gasteiger partial charge >= 0.3 is 0 Å². The molecule has 0 spiro atoms. The van der Waals surface area contributed by atoms with Crippen molar-refractivity contribution in [2.75, 3.05) is 0 Å². The lowest BCUT2D eigenvalue weighted by atomic mass is 10.0. The van der Waals surface area contributed by atoms with Crippen LogP contribution < -0.4 is 5.56 Å². The fraction of sp³-hybridized carbons (Fsp3) is 0.786. The molecule has 3 heteroatoms. The smallest absolute Gasteiger partial charge is 0.267 e. The predicted molar refractivity (Wildman–Crippen MR) is 72.5 cm³/mol. The molecule has 98 valence electrons. The highest BCUT2D eigenvalue weighted by Gasteiger charge is 2.14. The van der Waals surface area contributed by atoms with E-state index in [0.717, 1.165) is 44.2 Å². The lowest BCUT2D eigenvalue weighted by Crippen LogP contribution is -2.10. The van der Waals surface area contributed by atoms with Crippen LogP contribution in [-0.4, -0.2) is 9.78 Å². The highest BCUT2D eigenvalue weighted by Crippen LogP contribution is 2.13. The molecule has 1 N–H and O–H groups in total. The van der Waals surface area contributed by atoms with Gasteiger partial charge in [0.05, 0.1) is 0 Å². The van der Waals surface area contributed by atoms with Crippen LogP contribution in [0.3, 0.4) is 0 Å². The first-order chi connectivity index (χ1) is 8.10. The van der Waals surface area contributed by atoms with Crippen LogP contribution >= 0.6 is 0 Å². The Bertz CT molecular complexity index is 387. The third-order valence-electron chi connectivity index (χ3n) is 3.02. The van der Waals surface area contributed by atoms with Crippen molar-refractivity contribution in [3.8, 4) is 0 Å². The third-order valence-corrected chi connectivity index (χ3v) is 3.02. The zero-order chi connectivity index (χ0) is 12.8. The molecule has 0 fully saturated rings. The summed E-state index contributed by atoms with van der Waals surface area (Å²) in [4.78, 5) is 12.0. The molecule has 1 aromatic rings. The molecule has 1 heterocycles. The molecule has 0 aliphatic rings. The van der Waals surface area contributed by atoms with Gasteiger partial charge in [-0.25, -0.2) is 0 Å². The molecule has 0 unspecified atom stereocenters. The Balaban J connectivity index is 3.00. The van der Waals surface area contributed by atoms with Crippen molar-refractivity contribution >= 4 is 0 Å². The highest BCUT2D eigenvalue weighted by atomic mass is 16.1. The fourth-order valence-corrected chi connectivity index (χ4v) is 2.20. The summed E-state index contributed by atoms with van der Waals surface area (Å²) in [7, 11) is 0. The molecular weight excluding hydrogens is 212 g/mol. The molecule has 0 saturated heterocycles. The van der Waals surface area contributed by atoms with E-state index in [-0.39, 0.29) is 5.56 Å². The third kappa shape index (κ3) is 3.76. The highest BCUT2D eigenvalue weighted by molar-refractivity contribution is 5.19. The molecule has 0 aliphatic heterocycles. The average molecular weight is 238 g/mol. The van der Waals surface area contributed by atoms with Crippen molar-refractivity contribution in [3.05, 3.63) is 21.6 Å². The molecule has 0 aromatic carbocycles. The SMILES string of the molecule is CCCCn1[nH]c(=O)c(CC(C)C)c1CCC. The number of nitrogens with zero attached hydrogens (tertiary/aromatic N) is 1. The van der Waals surface area contributed by atoms with Crippen molar-refractivity contribution in [3.63, 3.8) is 0 Å². The molecule has 1 rings (SSSR count). The maximum absolute atomic E-state index is 12.0. The van der Waals surface area contributed by atoms with Gasteiger partial charge < -0.3 is 0 Å². The Hall–Kier alpha value is -0.990. The van der Waals surface area contributed by atoms with E-state index >= 15 is 0 Å². The predicted octanol–water partition coefficient (Wildman–Crippen LogP) is 3.13. The number of hydrogen-bond donors (Lipinski definition) is 1. The van der Waals surface area contributed by atoms with E-state index in [1.807, 2.05) is 0 Å². The van der Waals surface area contributed by atoms with E-state index in [0.29, 0.717) is 5.92 Å². The average Bonchev–Trinajstić information content (AvgIpc) is 2.54. The summed E-state index contributed by atoms with van der Waals surface area (Å²) in [6.07, 6.45) is 5.27. The van der Waals surface area contributed by atoms with Gasteiger partial charge in [0.1, 0.15) is 0 Å². The molecule has 1 aromatic heterocycles. The standard InChI is InChI=1S/C14H26N2O/c1-5-7-9-16-13(8-6-2)12(10-11(3)4)14(17)15-16/h11H,5-10H2,1-4H3,(H,15,17). The number of aromatic nitrogens is 2. The topological polar surface area (TPSA) is 37.8 Å². The summed E-state index contributed by atoms with van der Waals surface area (Å²) in [5, 5.41) is 3.00. The molecule has 0 bridgehead atoms. The molecule has 0 radical (unpaired) electrons. The Kier molecular flexibility index (Phi) is 5.52. The van der Waals surface area contributed by atoms with Crippen LogP contribution in [0.1, 0.15) is 58.2 Å². The number of hydrogen-bond acceptors (Lipinski definition) is 1. The number of rotatable bonds is 7. The second kappa shape index (κ2) is 6.67. The summed E-state index contributed by atoms with van der Waals surface area (Å²) < 4.78 is 2.08. The summed E-state index contributed by atoms with van der Waals surface area (Å²) in [6, 6.07) is 0. The number of aromatic amines is 1. The Morgan fingerprint density at radius 2 is 1.94 bits per heavy atom. The second-order valence-electron chi connectivity index (χ2n) is 5.22. The van der Waals surface area contributed by atoms with Gasteiger partial charge in [-0.05, 0) is 25.2 Å². The molecule has 0 saturated carbocycles. The molecule has 0 aliphatic carbocycles. The molecular formula is C14H26N2O. The van der Waals surface area contributed by atoms with E-state index in [4.69, 9.17) is 0 Å². The van der Waals surface area contributed by atoms with E-state index < -0.39 is 0 Å². The quantitative estimate of drug-likeness (QED) is 0.778. The van der Waals surface area contributed by atoms with Gasteiger partial charge in [-0.3, -0.25) is 14.6 Å². The summed E-state index contributed by atoms with van der Waals surface area (Å²) in [6.45, 7) is 9.62. The van der Waals surface area contributed by atoms with Crippen LogP contribution in [0.25, 0.3) is 0 Å². The van der Waals surface area contributed by atoms with Crippen molar-refractivity contribution < 1.29 is 0 Å². The monoisotopic (exact) mass is 238 g/mol. The zero-order valence-corrected chi connectivity index (χ0v) is 11.7. The van der Waals surface area contributed by atoms with Crippen molar-refractivity contribution in [1.82, 2.24) is 9.78 Å². The maximum Gasteiger partial charge on any atom is 0.267 e.